The molecule has 174 valence electrons. The van der Waals surface area contributed by atoms with E-state index < -0.39 is 0 Å². The second-order valence-corrected chi connectivity index (χ2v) is 9.88. The summed E-state index contributed by atoms with van der Waals surface area (Å²) in [7, 11) is 0. The van der Waals surface area contributed by atoms with Crippen molar-refractivity contribution in [3.63, 3.8) is 0 Å². The maximum absolute atomic E-state index is 12.7. The van der Waals surface area contributed by atoms with Crippen LogP contribution in [0.1, 0.15) is 56.9 Å². The van der Waals surface area contributed by atoms with Gasteiger partial charge in [-0.3, -0.25) is 5.43 Å². The first-order valence-electron chi connectivity index (χ1n) is 12.0. The lowest BCUT2D eigenvalue weighted by molar-refractivity contribution is -0.0000886. The number of hydrogen-bond donors (Lipinski definition) is 2. The van der Waals surface area contributed by atoms with Crippen LogP contribution in [-0.2, 0) is 14.9 Å². The van der Waals surface area contributed by atoms with E-state index in [2.05, 4.69) is 22.7 Å². The van der Waals surface area contributed by atoms with Crippen LogP contribution in [0.4, 0.5) is 4.39 Å². The third-order valence-electron chi connectivity index (χ3n) is 8.23. The minimum absolute atomic E-state index is 0.0106. The Morgan fingerprint density at radius 2 is 1.75 bits per heavy atom. The van der Waals surface area contributed by atoms with E-state index in [4.69, 9.17) is 19.9 Å². The molecule has 6 nitrogen and oxygen atoms in total. The highest BCUT2D eigenvalue weighted by molar-refractivity contribution is 5.84. The summed E-state index contributed by atoms with van der Waals surface area (Å²) in [5.74, 6) is 2.18. The summed E-state index contributed by atoms with van der Waals surface area (Å²) in [5.41, 5.74) is 10.9. The number of fused-ring (bicyclic) bond motifs is 3. The second kappa shape index (κ2) is 9.02. The van der Waals surface area contributed by atoms with Gasteiger partial charge < -0.3 is 19.9 Å². The van der Waals surface area contributed by atoms with Crippen molar-refractivity contribution in [1.82, 2.24) is 5.43 Å². The summed E-state index contributed by atoms with van der Waals surface area (Å²) in [5, 5.41) is 4.69. The van der Waals surface area contributed by atoms with Gasteiger partial charge >= 0.3 is 0 Å². The number of nitrogens with two attached hydrogens (primary N) is 1. The lowest BCUT2D eigenvalue weighted by Crippen LogP contribution is -2.48. The van der Waals surface area contributed by atoms with E-state index in [0.717, 1.165) is 76.2 Å². The number of hydrazone groups is 1. The van der Waals surface area contributed by atoms with Gasteiger partial charge in [0.2, 0.25) is 5.90 Å². The highest BCUT2D eigenvalue weighted by atomic mass is 19.1. The molecule has 1 aromatic rings. The summed E-state index contributed by atoms with van der Waals surface area (Å²) < 4.78 is 30.3. The Morgan fingerprint density at radius 1 is 1.09 bits per heavy atom. The maximum Gasteiger partial charge on any atom is 0.214 e. The molecule has 2 aliphatic heterocycles. The second-order valence-electron chi connectivity index (χ2n) is 9.88. The molecule has 3 aliphatic carbocycles. The van der Waals surface area contributed by atoms with Crippen molar-refractivity contribution in [3.05, 3.63) is 41.7 Å². The van der Waals surface area contributed by atoms with Gasteiger partial charge in [0.1, 0.15) is 12.4 Å². The first kappa shape index (κ1) is 21.7. The van der Waals surface area contributed by atoms with Crippen molar-refractivity contribution in [3.8, 4) is 5.75 Å². The Hall–Kier alpha value is -2.12. The minimum Gasteiger partial charge on any atom is -0.489 e. The molecule has 4 fully saturated rings. The topological polar surface area (TPSA) is 78.1 Å². The lowest BCUT2D eigenvalue weighted by atomic mass is 9.52. The van der Waals surface area contributed by atoms with E-state index in [1.165, 1.54) is 5.56 Å². The normalized spacial score (nSPS) is 32.9. The van der Waals surface area contributed by atoms with Crippen LogP contribution in [0.15, 0.2) is 41.3 Å². The molecule has 0 spiro atoms. The highest BCUT2D eigenvalue weighted by Gasteiger charge is 2.54. The van der Waals surface area contributed by atoms with Crippen molar-refractivity contribution in [2.45, 2.75) is 63.0 Å². The molecule has 6 rings (SSSR count). The number of rotatable bonds is 7. The summed E-state index contributed by atoms with van der Waals surface area (Å²) in [4.78, 5) is 0. The van der Waals surface area contributed by atoms with Gasteiger partial charge in [-0.05, 0) is 74.5 Å². The minimum atomic E-state index is 0.0106. The summed E-state index contributed by atoms with van der Waals surface area (Å²) in [6.07, 6.45) is 9.42. The van der Waals surface area contributed by atoms with Crippen LogP contribution >= 0.6 is 0 Å². The zero-order valence-corrected chi connectivity index (χ0v) is 18.7. The van der Waals surface area contributed by atoms with Gasteiger partial charge in [0.25, 0.3) is 0 Å². The molecule has 1 saturated heterocycles. The Kier molecular flexibility index (Phi) is 6.12. The Labute approximate surface area is 189 Å². The molecule has 1 aromatic carbocycles. The third-order valence-corrected chi connectivity index (χ3v) is 8.23. The fraction of sp³-hybridized carbons (Fsp3) is 0.640. The SMILES string of the molecule is NC/C(=C\F)COc1ccc(C23CCC(C4=NNC(C5CCOCC5)O4)(CC2)CC3)cc1. The van der Waals surface area contributed by atoms with Crippen molar-refractivity contribution in [1.29, 1.82) is 0 Å². The van der Waals surface area contributed by atoms with Gasteiger partial charge in [-0.2, -0.15) is 0 Å². The highest BCUT2D eigenvalue weighted by Crippen LogP contribution is 2.59. The van der Waals surface area contributed by atoms with Crippen LogP contribution in [0.3, 0.4) is 0 Å². The number of halogens is 1. The molecular formula is C25H34FN3O3. The summed E-state index contributed by atoms with van der Waals surface area (Å²) in [6, 6.07) is 8.36. The van der Waals surface area contributed by atoms with E-state index in [1.807, 2.05) is 12.1 Å². The molecule has 1 atom stereocenters. The summed E-state index contributed by atoms with van der Waals surface area (Å²) >= 11 is 0. The monoisotopic (exact) mass is 443 g/mol. The van der Waals surface area contributed by atoms with E-state index >= 15 is 0 Å². The standard InChI is InChI=1S/C25H34FN3O3/c26-15-18(16-27)17-31-21-3-1-20(2-4-21)24-7-10-25(11-8-24,12-9-24)23-29-28-22(32-23)19-5-13-30-14-6-19/h1-4,15,19,22,28H,5-14,16-17,27H2/b18-15+. The maximum atomic E-state index is 12.7. The predicted octanol–water partition coefficient (Wildman–Crippen LogP) is 4.16. The Morgan fingerprint density at radius 3 is 2.38 bits per heavy atom. The molecule has 32 heavy (non-hydrogen) atoms. The number of ether oxygens (including phenoxy) is 3. The van der Waals surface area contributed by atoms with Crippen LogP contribution in [-0.4, -0.2) is 38.5 Å². The number of nitrogens with one attached hydrogen (secondary N) is 1. The number of nitrogens with zero attached hydrogens (tertiary/aromatic N) is 1. The van der Waals surface area contributed by atoms with Gasteiger partial charge in [-0.15, -0.1) is 5.10 Å². The van der Waals surface area contributed by atoms with Crippen LogP contribution in [0, 0.1) is 11.3 Å². The molecule has 0 radical (unpaired) electrons. The van der Waals surface area contributed by atoms with Gasteiger partial charge in [-0.1, -0.05) is 12.1 Å². The van der Waals surface area contributed by atoms with E-state index in [1.54, 1.807) is 0 Å². The first-order chi connectivity index (χ1) is 15.7. The first-order valence-corrected chi connectivity index (χ1v) is 12.0. The molecule has 1 unspecified atom stereocenters. The van der Waals surface area contributed by atoms with Crippen molar-refractivity contribution >= 4 is 5.90 Å². The number of benzene rings is 1. The molecule has 0 amide bonds. The van der Waals surface area contributed by atoms with Gasteiger partial charge in [0, 0.05) is 36.7 Å². The van der Waals surface area contributed by atoms with Crippen molar-refractivity contribution in [2.24, 2.45) is 22.2 Å². The largest absolute Gasteiger partial charge is 0.489 e. The predicted molar refractivity (Wildman–Crippen MR) is 121 cm³/mol. The Balaban J connectivity index is 1.20. The fourth-order valence-corrected chi connectivity index (χ4v) is 5.91. The zero-order valence-electron chi connectivity index (χ0n) is 18.7. The van der Waals surface area contributed by atoms with Crippen molar-refractivity contribution < 1.29 is 18.6 Å². The van der Waals surface area contributed by atoms with Crippen LogP contribution < -0.4 is 15.9 Å². The lowest BCUT2D eigenvalue weighted by Gasteiger charge is -2.53. The van der Waals surface area contributed by atoms with Crippen LogP contribution in [0.2, 0.25) is 0 Å². The molecular weight excluding hydrogens is 409 g/mol. The molecule has 5 aliphatic rings. The molecule has 2 bridgehead atoms. The molecule has 0 aromatic heterocycles. The van der Waals surface area contributed by atoms with Crippen LogP contribution in [0.5, 0.6) is 5.75 Å². The summed E-state index contributed by atoms with van der Waals surface area (Å²) in [6.45, 7) is 1.99. The van der Waals surface area contributed by atoms with E-state index in [-0.39, 0.29) is 30.2 Å². The van der Waals surface area contributed by atoms with Gasteiger partial charge in [0.15, 0.2) is 6.23 Å². The average Bonchev–Trinajstić information content (AvgIpc) is 3.38. The van der Waals surface area contributed by atoms with Gasteiger partial charge in [-0.25, -0.2) is 4.39 Å². The van der Waals surface area contributed by atoms with Crippen LogP contribution in [0.25, 0.3) is 0 Å². The van der Waals surface area contributed by atoms with Gasteiger partial charge in [0.05, 0.1) is 6.33 Å². The molecule has 7 heteroatoms. The smallest absolute Gasteiger partial charge is 0.214 e. The third kappa shape index (κ3) is 4.01. The van der Waals surface area contributed by atoms with E-state index in [9.17, 15) is 4.39 Å². The Bertz CT molecular complexity index is 839. The van der Waals surface area contributed by atoms with Crippen molar-refractivity contribution in [2.75, 3.05) is 26.4 Å². The zero-order chi connectivity index (χ0) is 22.0. The molecule has 2 heterocycles. The fourth-order valence-electron chi connectivity index (χ4n) is 5.91. The van der Waals surface area contributed by atoms with E-state index in [0.29, 0.717) is 17.8 Å². The quantitative estimate of drug-likeness (QED) is 0.662. The molecule has 3 saturated carbocycles. The number of hydrogen-bond acceptors (Lipinski definition) is 6. The molecule has 3 N–H and O–H groups in total. The average molecular weight is 444 g/mol.